The number of para-hydroxylation sites is 3. The van der Waals surface area contributed by atoms with E-state index in [1.165, 1.54) is 37.0 Å². The Morgan fingerprint density at radius 3 is 2.67 bits per heavy atom. The van der Waals surface area contributed by atoms with E-state index in [4.69, 9.17) is 9.72 Å². The molecule has 27 heavy (non-hydrogen) atoms. The van der Waals surface area contributed by atoms with Crippen molar-refractivity contribution in [2.24, 2.45) is 0 Å². The zero-order valence-corrected chi connectivity index (χ0v) is 15.8. The summed E-state index contributed by atoms with van der Waals surface area (Å²) in [6.07, 6.45) is 5.33. The first-order valence-corrected chi connectivity index (χ1v) is 9.83. The fourth-order valence-electron chi connectivity index (χ4n) is 3.85. The van der Waals surface area contributed by atoms with E-state index in [1.54, 1.807) is 0 Å². The van der Waals surface area contributed by atoms with Crippen LogP contribution in [0.15, 0.2) is 61.2 Å². The van der Waals surface area contributed by atoms with Gasteiger partial charge in [-0.15, -0.1) is 6.58 Å². The minimum atomic E-state index is 0.626. The van der Waals surface area contributed by atoms with Crippen LogP contribution in [-0.4, -0.2) is 34.1 Å². The number of imidazole rings is 1. The summed E-state index contributed by atoms with van der Waals surface area (Å²) in [4.78, 5) is 7.40. The highest BCUT2D eigenvalue weighted by Gasteiger charge is 2.17. The zero-order valence-electron chi connectivity index (χ0n) is 15.8. The molecule has 0 saturated carbocycles. The molecule has 1 fully saturated rings. The molecule has 0 N–H and O–H groups in total. The SMILES string of the molecule is C=CCc1ccccc1OCCn1c(CN2CCCC2)nc2ccccc21. The number of hydrogen-bond acceptors (Lipinski definition) is 3. The molecule has 0 amide bonds. The summed E-state index contributed by atoms with van der Waals surface area (Å²) in [6, 6.07) is 16.6. The number of benzene rings is 2. The maximum atomic E-state index is 6.13. The van der Waals surface area contributed by atoms with Gasteiger partial charge in [-0.05, 0) is 56.1 Å². The molecule has 2 aromatic carbocycles. The highest BCUT2D eigenvalue weighted by molar-refractivity contribution is 5.75. The van der Waals surface area contributed by atoms with Crippen LogP contribution in [0.2, 0.25) is 0 Å². The summed E-state index contributed by atoms with van der Waals surface area (Å²) in [6.45, 7) is 8.53. The first-order chi connectivity index (χ1) is 13.3. The smallest absolute Gasteiger partial charge is 0.124 e. The lowest BCUT2D eigenvalue weighted by molar-refractivity contribution is 0.284. The molecule has 1 aliphatic rings. The van der Waals surface area contributed by atoms with E-state index >= 15 is 0 Å². The monoisotopic (exact) mass is 361 g/mol. The minimum absolute atomic E-state index is 0.626. The molecule has 0 bridgehead atoms. The predicted octanol–water partition coefficient (Wildman–Crippen LogP) is 4.44. The molecule has 2 heterocycles. The first-order valence-electron chi connectivity index (χ1n) is 9.83. The van der Waals surface area contributed by atoms with Crippen LogP contribution in [0.5, 0.6) is 5.75 Å². The van der Waals surface area contributed by atoms with Gasteiger partial charge < -0.3 is 9.30 Å². The number of aromatic nitrogens is 2. The summed E-state index contributed by atoms with van der Waals surface area (Å²) in [5.74, 6) is 2.09. The molecule has 4 nitrogen and oxygen atoms in total. The van der Waals surface area contributed by atoms with E-state index in [9.17, 15) is 0 Å². The Hall–Kier alpha value is -2.59. The van der Waals surface area contributed by atoms with Gasteiger partial charge in [-0.25, -0.2) is 4.98 Å². The highest BCUT2D eigenvalue weighted by atomic mass is 16.5. The van der Waals surface area contributed by atoms with Crippen molar-refractivity contribution in [3.63, 3.8) is 0 Å². The average molecular weight is 361 g/mol. The Kier molecular flexibility index (Phi) is 5.54. The molecule has 3 aromatic rings. The van der Waals surface area contributed by atoms with Crippen LogP contribution < -0.4 is 4.74 Å². The first kappa shape index (κ1) is 17.8. The van der Waals surface area contributed by atoms with Gasteiger partial charge in [0.25, 0.3) is 0 Å². The zero-order chi connectivity index (χ0) is 18.5. The van der Waals surface area contributed by atoms with Crippen LogP contribution in [0, 0.1) is 0 Å². The minimum Gasteiger partial charge on any atom is -0.491 e. The summed E-state index contributed by atoms with van der Waals surface area (Å²) in [7, 11) is 0. The normalized spacial score (nSPS) is 14.7. The van der Waals surface area contributed by atoms with Crippen molar-refractivity contribution in [2.75, 3.05) is 19.7 Å². The Labute approximate surface area is 161 Å². The van der Waals surface area contributed by atoms with Crippen LogP contribution in [0.25, 0.3) is 11.0 Å². The van der Waals surface area contributed by atoms with E-state index in [2.05, 4.69) is 46.4 Å². The second kappa shape index (κ2) is 8.40. The lowest BCUT2D eigenvalue weighted by Crippen LogP contribution is -2.22. The largest absolute Gasteiger partial charge is 0.491 e. The van der Waals surface area contributed by atoms with Gasteiger partial charge in [0.05, 0.1) is 24.1 Å². The van der Waals surface area contributed by atoms with Gasteiger partial charge >= 0.3 is 0 Å². The van der Waals surface area contributed by atoms with Gasteiger partial charge in [0.15, 0.2) is 0 Å². The standard InChI is InChI=1S/C23H27N3O/c1-2-9-19-10-3-6-13-22(19)27-17-16-26-21-12-5-4-11-20(21)24-23(26)18-25-14-7-8-15-25/h2-6,10-13H,1,7-9,14-18H2. The number of hydrogen-bond donors (Lipinski definition) is 0. The lowest BCUT2D eigenvalue weighted by atomic mass is 10.1. The van der Waals surface area contributed by atoms with Crippen molar-refractivity contribution in [3.8, 4) is 5.75 Å². The fourth-order valence-corrected chi connectivity index (χ4v) is 3.85. The molecule has 0 spiro atoms. The van der Waals surface area contributed by atoms with Crippen molar-refractivity contribution in [3.05, 3.63) is 72.6 Å². The summed E-state index contributed by atoms with van der Waals surface area (Å²) in [5, 5.41) is 0. The number of ether oxygens (including phenoxy) is 1. The van der Waals surface area contributed by atoms with E-state index in [-0.39, 0.29) is 0 Å². The topological polar surface area (TPSA) is 30.3 Å². The third kappa shape index (κ3) is 4.06. The van der Waals surface area contributed by atoms with E-state index in [0.29, 0.717) is 6.61 Å². The number of fused-ring (bicyclic) bond motifs is 1. The van der Waals surface area contributed by atoms with Crippen molar-refractivity contribution >= 4 is 11.0 Å². The molecule has 1 aromatic heterocycles. The van der Waals surface area contributed by atoms with Crippen LogP contribution in [0.4, 0.5) is 0 Å². The van der Waals surface area contributed by atoms with Crippen molar-refractivity contribution in [1.29, 1.82) is 0 Å². The maximum absolute atomic E-state index is 6.13. The number of allylic oxidation sites excluding steroid dienone is 1. The van der Waals surface area contributed by atoms with Gasteiger partial charge in [-0.2, -0.15) is 0 Å². The second-order valence-electron chi connectivity index (χ2n) is 7.10. The molecule has 0 unspecified atom stereocenters. The molecule has 0 aliphatic carbocycles. The molecule has 4 rings (SSSR count). The lowest BCUT2D eigenvalue weighted by Gasteiger charge is -2.17. The van der Waals surface area contributed by atoms with Crippen molar-refractivity contribution in [2.45, 2.75) is 32.4 Å². The van der Waals surface area contributed by atoms with Gasteiger partial charge in [0, 0.05) is 0 Å². The summed E-state index contributed by atoms with van der Waals surface area (Å²) >= 11 is 0. The molecular formula is C23H27N3O. The predicted molar refractivity (Wildman–Crippen MR) is 110 cm³/mol. The Balaban J connectivity index is 1.51. The maximum Gasteiger partial charge on any atom is 0.124 e. The van der Waals surface area contributed by atoms with Gasteiger partial charge in [0.1, 0.15) is 18.2 Å². The highest BCUT2D eigenvalue weighted by Crippen LogP contribution is 2.21. The summed E-state index contributed by atoms with van der Waals surface area (Å²) in [5.41, 5.74) is 3.44. The van der Waals surface area contributed by atoms with Gasteiger partial charge in [-0.3, -0.25) is 4.90 Å². The van der Waals surface area contributed by atoms with Crippen molar-refractivity contribution < 1.29 is 4.74 Å². The molecule has 0 atom stereocenters. The molecule has 0 radical (unpaired) electrons. The fraction of sp³-hybridized carbons (Fsp3) is 0.348. The summed E-state index contributed by atoms with van der Waals surface area (Å²) < 4.78 is 8.45. The quantitative estimate of drug-likeness (QED) is 0.556. The van der Waals surface area contributed by atoms with Crippen molar-refractivity contribution in [1.82, 2.24) is 14.5 Å². The molecule has 1 aliphatic heterocycles. The van der Waals surface area contributed by atoms with Gasteiger partial charge in [-0.1, -0.05) is 36.4 Å². The van der Waals surface area contributed by atoms with Crippen LogP contribution >= 0.6 is 0 Å². The van der Waals surface area contributed by atoms with E-state index < -0.39 is 0 Å². The molecular weight excluding hydrogens is 334 g/mol. The number of rotatable bonds is 8. The molecule has 1 saturated heterocycles. The van der Waals surface area contributed by atoms with Crippen LogP contribution in [0.1, 0.15) is 24.2 Å². The molecule has 4 heteroatoms. The average Bonchev–Trinajstić information content (AvgIpc) is 3.32. The van der Waals surface area contributed by atoms with E-state index in [1.807, 2.05) is 24.3 Å². The third-order valence-corrected chi connectivity index (χ3v) is 5.21. The van der Waals surface area contributed by atoms with Crippen LogP contribution in [0.3, 0.4) is 0 Å². The number of likely N-dealkylation sites (tertiary alicyclic amines) is 1. The Bertz CT molecular complexity index is 909. The second-order valence-corrected chi connectivity index (χ2v) is 7.10. The molecule has 140 valence electrons. The van der Waals surface area contributed by atoms with E-state index in [0.717, 1.165) is 36.6 Å². The third-order valence-electron chi connectivity index (χ3n) is 5.21. The number of nitrogens with zero attached hydrogens (tertiary/aromatic N) is 3. The Morgan fingerprint density at radius 1 is 1.04 bits per heavy atom. The Morgan fingerprint density at radius 2 is 1.81 bits per heavy atom. The van der Waals surface area contributed by atoms with Gasteiger partial charge in [0.2, 0.25) is 0 Å². The van der Waals surface area contributed by atoms with Crippen LogP contribution in [-0.2, 0) is 19.5 Å².